The van der Waals surface area contributed by atoms with Gasteiger partial charge in [0.1, 0.15) is 0 Å². The zero-order valence-corrected chi connectivity index (χ0v) is 7.05. The molecule has 1 aliphatic rings. The summed E-state index contributed by atoms with van der Waals surface area (Å²) in [6.07, 6.45) is 0. The van der Waals surface area contributed by atoms with E-state index in [1.165, 1.54) is 0 Å². The minimum absolute atomic E-state index is 0.265. The highest BCUT2D eigenvalue weighted by molar-refractivity contribution is 4.94. The molecule has 0 bridgehead atoms. The van der Waals surface area contributed by atoms with Crippen LogP contribution in [0.3, 0.4) is 0 Å². The van der Waals surface area contributed by atoms with E-state index in [-0.39, 0.29) is 11.5 Å². The predicted octanol–water partition coefficient (Wildman–Crippen LogP) is 1.01. The molecule has 0 aliphatic carbocycles. The van der Waals surface area contributed by atoms with Crippen LogP contribution in [0.1, 0.15) is 20.8 Å². The standard InChI is InChI=1S/C8H17NO/c1-6(2)8(7(3)9)4-10-5-8/h6-7H,4-5,9H2,1-3H3. The van der Waals surface area contributed by atoms with E-state index in [1.807, 2.05) is 0 Å². The molecule has 10 heavy (non-hydrogen) atoms. The summed E-state index contributed by atoms with van der Waals surface area (Å²) in [5, 5.41) is 0. The monoisotopic (exact) mass is 143 g/mol. The van der Waals surface area contributed by atoms with E-state index in [1.54, 1.807) is 0 Å². The van der Waals surface area contributed by atoms with Crippen molar-refractivity contribution >= 4 is 0 Å². The minimum Gasteiger partial charge on any atom is -0.380 e. The molecule has 2 heteroatoms. The molecule has 0 saturated carbocycles. The van der Waals surface area contributed by atoms with Crippen molar-refractivity contribution in [2.75, 3.05) is 13.2 Å². The highest BCUT2D eigenvalue weighted by Gasteiger charge is 2.44. The van der Waals surface area contributed by atoms with Gasteiger partial charge in [-0.15, -0.1) is 0 Å². The van der Waals surface area contributed by atoms with E-state index in [4.69, 9.17) is 10.5 Å². The van der Waals surface area contributed by atoms with Crippen molar-refractivity contribution in [1.82, 2.24) is 0 Å². The van der Waals surface area contributed by atoms with E-state index in [0.29, 0.717) is 5.92 Å². The van der Waals surface area contributed by atoms with Crippen molar-refractivity contribution in [2.45, 2.75) is 26.8 Å². The molecule has 1 saturated heterocycles. The van der Waals surface area contributed by atoms with E-state index in [2.05, 4.69) is 20.8 Å². The predicted molar refractivity (Wildman–Crippen MR) is 41.7 cm³/mol. The SMILES string of the molecule is CC(C)C1(C(C)N)COC1. The molecule has 1 fully saturated rings. The zero-order valence-electron chi connectivity index (χ0n) is 7.05. The minimum atomic E-state index is 0.265. The Bertz CT molecular complexity index is 106. The van der Waals surface area contributed by atoms with Crippen LogP contribution >= 0.6 is 0 Å². The van der Waals surface area contributed by atoms with Gasteiger partial charge in [0.25, 0.3) is 0 Å². The molecule has 60 valence electrons. The topological polar surface area (TPSA) is 35.2 Å². The van der Waals surface area contributed by atoms with E-state index in [0.717, 1.165) is 13.2 Å². The second-order valence-electron chi connectivity index (χ2n) is 3.67. The Labute approximate surface area is 62.7 Å². The summed E-state index contributed by atoms with van der Waals surface area (Å²) in [5.74, 6) is 0.640. The molecule has 1 rings (SSSR count). The Kier molecular flexibility index (Phi) is 2.02. The molecular weight excluding hydrogens is 126 g/mol. The summed E-state index contributed by atoms with van der Waals surface area (Å²) in [7, 11) is 0. The van der Waals surface area contributed by atoms with Gasteiger partial charge in [0.2, 0.25) is 0 Å². The Morgan fingerprint density at radius 2 is 1.80 bits per heavy atom. The summed E-state index contributed by atoms with van der Waals surface area (Å²) in [6.45, 7) is 8.20. The van der Waals surface area contributed by atoms with Gasteiger partial charge in [-0.2, -0.15) is 0 Å². The first kappa shape index (κ1) is 8.02. The lowest BCUT2D eigenvalue weighted by atomic mass is 9.70. The van der Waals surface area contributed by atoms with Gasteiger partial charge in [0.15, 0.2) is 0 Å². The van der Waals surface area contributed by atoms with Crippen molar-refractivity contribution in [3.8, 4) is 0 Å². The molecule has 1 atom stereocenters. The van der Waals surface area contributed by atoms with Crippen LogP contribution in [0, 0.1) is 11.3 Å². The van der Waals surface area contributed by atoms with Gasteiger partial charge >= 0.3 is 0 Å². The fourth-order valence-electron chi connectivity index (χ4n) is 1.46. The number of hydrogen-bond donors (Lipinski definition) is 1. The Balaban J connectivity index is 2.59. The average Bonchev–Trinajstić information content (AvgIpc) is 1.57. The molecular formula is C8H17NO. The lowest BCUT2D eigenvalue weighted by Gasteiger charge is -2.47. The third-order valence-corrected chi connectivity index (χ3v) is 2.80. The third kappa shape index (κ3) is 0.956. The quantitative estimate of drug-likeness (QED) is 0.626. The lowest BCUT2D eigenvalue weighted by molar-refractivity contribution is -0.149. The van der Waals surface area contributed by atoms with Crippen LogP contribution in [-0.4, -0.2) is 19.3 Å². The van der Waals surface area contributed by atoms with E-state index < -0.39 is 0 Å². The second-order valence-corrected chi connectivity index (χ2v) is 3.67. The third-order valence-electron chi connectivity index (χ3n) is 2.80. The number of rotatable bonds is 2. The second kappa shape index (κ2) is 2.51. The molecule has 0 radical (unpaired) electrons. The summed E-state index contributed by atoms with van der Waals surface area (Å²) in [4.78, 5) is 0. The molecule has 0 aromatic rings. The molecule has 1 heterocycles. The summed E-state index contributed by atoms with van der Waals surface area (Å²) in [5.41, 5.74) is 6.13. The number of nitrogens with two attached hydrogens (primary N) is 1. The van der Waals surface area contributed by atoms with Crippen LogP contribution in [-0.2, 0) is 4.74 Å². The van der Waals surface area contributed by atoms with Gasteiger partial charge in [-0.25, -0.2) is 0 Å². The van der Waals surface area contributed by atoms with Gasteiger partial charge in [-0.05, 0) is 12.8 Å². The first-order valence-electron chi connectivity index (χ1n) is 3.93. The molecule has 2 nitrogen and oxygen atoms in total. The summed E-state index contributed by atoms with van der Waals surface area (Å²) in [6, 6.07) is 0.265. The molecule has 0 aromatic carbocycles. The van der Waals surface area contributed by atoms with Crippen molar-refractivity contribution in [3.63, 3.8) is 0 Å². The van der Waals surface area contributed by atoms with Gasteiger partial charge in [0.05, 0.1) is 13.2 Å². The van der Waals surface area contributed by atoms with Crippen LogP contribution in [0.25, 0.3) is 0 Å². The van der Waals surface area contributed by atoms with Gasteiger partial charge in [-0.3, -0.25) is 0 Å². The number of ether oxygens (including phenoxy) is 1. The van der Waals surface area contributed by atoms with Gasteiger partial charge < -0.3 is 10.5 Å². The zero-order chi connectivity index (χ0) is 7.78. The lowest BCUT2D eigenvalue weighted by Crippen LogP contribution is -2.57. The summed E-state index contributed by atoms with van der Waals surface area (Å²) < 4.78 is 5.18. The molecule has 0 aromatic heterocycles. The first-order valence-corrected chi connectivity index (χ1v) is 3.93. The Hall–Kier alpha value is -0.0800. The molecule has 1 unspecified atom stereocenters. The first-order chi connectivity index (χ1) is 4.59. The van der Waals surface area contributed by atoms with Crippen molar-refractivity contribution in [2.24, 2.45) is 17.1 Å². The fraction of sp³-hybridized carbons (Fsp3) is 1.00. The van der Waals surface area contributed by atoms with Crippen molar-refractivity contribution in [3.05, 3.63) is 0 Å². The maximum Gasteiger partial charge on any atom is 0.0562 e. The van der Waals surface area contributed by atoms with Crippen LogP contribution in [0.4, 0.5) is 0 Å². The largest absolute Gasteiger partial charge is 0.380 e. The van der Waals surface area contributed by atoms with Gasteiger partial charge in [-0.1, -0.05) is 13.8 Å². The summed E-state index contributed by atoms with van der Waals surface area (Å²) >= 11 is 0. The number of hydrogen-bond acceptors (Lipinski definition) is 2. The van der Waals surface area contributed by atoms with Crippen molar-refractivity contribution in [1.29, 1.82) is 0 Å². The highest BCUT2D eigenvalue weighted by atomic mass is 16.5. The highest BCUT2D eigenvalue weighted by Crippen LogP contribution is 2.37. The Morgan fingerprint density at radius 1 is 1.30 bits per heavy atom. The normalized spacial score (nSPS) is 26.1. The van der Waals surface area contributed by atoms with Crippen LogP contribution in [0.2, 0.25) is 0 Å². The fourth-order valence-corrected chi connectivity index (χ4v) is 1.46. The maximum atomic E-state index is 5.85. The average molecular weight is 143 g/mol. The molecule has 0 amide bonds. The smallest absolute Gasteiger partial charge is 0.0562 e. The Morgan fingerprint density at radius 3 is 1.80 bits per heavy atom. The van der Waals surface area contributed by atoms with Crippen LogP contribution in [0.5, 0.6) is 0 Å². The van der Waals surface area contributed by atoms with Crippen LogP contribution < -0.4 is 5.73 Å². The molecule has 2 N–H and O–H groups in total. The van der Waals surface area contributed by atoms with Gasteiger partial charge in [0, 0.05) is 11.5 Å². The van der Waals surface area contributed by atoms with Crippen molar-refractivity contribution < 1.29 is 4.74 Å². The molecule has 1 aliphatic heterocycles. The maximum absolute atomic E-state index is 5.85. The van der Waals surface area contributed by atoms with E-state index in [9.17, 15) is 0 Å². The molecule has 0 spiro atoms. The van der Waals surface area contributed by atoms with Crippen LogP contribution in [0.15, 0.2) is 0 Å². The van der Waals surface area contributed by atoms with E-state index >= 15 is 0 Å².